The molecular formula is C14H21N3O2. The molecular weight excluding hydrogens is 242 g/mol. The molecule has 0 bridgehead atoms. The van der Waals surface area contributed by atoms with E-state index in [1.165, 1.54) is 6.92 Å². The van der Waals surface area contributed by atoms with E-state index in [-0.39, 0.29) is 17.9 Å². The van der Waals surface area contributed by atoms with Gasteiger partial charge in [-0.2, -0.15) is 0 Å². The minimum Gasteiger partial charge on any atom is -0.355 e. The Morgan fingerprint density at radius 3 is 2.37 bits per heavy atom. The Morgan fingerprint density at radius 2 is 1.79 bits per heavy atom. The molecule has 0 radical (unpaired) electrons. The van der Waals surface area contributed by atoms with Gasteiger partial charge in [-0.25, -0.2) is 0 Å². The molecule has 0 aliphatic carbocycles. The predicted molar refractivity (Wildman–Crippen MR) is 76.0 cm³/mol. The summed E-state index contributed by atoms with van der Waals surface area (Å²) in [4.78, 5) is 22.5. The van der Waals surface area contributed by atoms with E-state index in [0.717, 1.165) is 11.3 Å². The van der Waals surface area contributed by atoms with E-state index in [1.54, 1.807) is 6.92 Å². The van der Waals surface area contributed by atoms with Crippen LogP contribution >= 0.6 is 0 Å². The van der Waals surface area contributed by atoms with Crippen molar-refractivity contribution in [1.29, 1.82) is 0 Å². The molecule has 0 aromatic heterocycles. The van der Waals surface area contributed by atoms with Gasteiger partial charge in [0, 0.05) is 25.7 Å². The second-order valence-electron chi connectivity index (χ2n) is 4.51. The molecule has 5 heteroatoms. The van der Waals surface area contributed by atoms with E-state index in [0.29, 0.717) is 13.1 Å². The third kappa shape index (κ3) is 6.01. The number of aryl methyl sites for hydroxylation is 1. The fourth-order valence-electron chi connectivity index (χ4n) is 1.51. The van der Waals surface area contributed by atoms with E-state index >= 15 is 0 Å². The van der Waals surface area contributed by atoms with Crippen LogP contribution in [0.4, 0.5) is 5.69 Å². The first-order valence-electron chi connectivity index (χ1n) is 6.34. The Kier molecular flexibility index (Phi) is 6.02. The van der Waals surface area contributed by atoms with Gasteiger partial charge in [-0.05, 0) is 26.0 Å². The van der Waals surface area contributed by atoms with E-state index in [1.807, 2.05) is 31.2 Å². The van der Waals surface area contributed by atoms with Crippen LogP contribution in [0.3, 0.4) is 0 Å². The Hall–Kier alpha value is -1.88. The standard InChI is InChI=1S/C14H21N3O2/c1-10-4-6-13(7-5-10)17-14(19)11(2)15-8-9-16-12(3)18/h4-7,11,15H,8-9H2,1-3H3,(H,16,18)(H,17,19). The first-order chi connectivity index (χ1) is 8.99. The highest BCUT2D eigenvalue weighted by Gasteiger charge is 2.11. The van der Waals surface area contributed by atoms with E-state index in [4.69, 9.17) is 0 Å². The third-order valence-corrected chi connectivity index (χ3v) is 2.66. The molecule has 1 unspecified atom stereocenters. The lowest BCUT2D eigenvalue weighted by atomic mass is 10.2. The van der Waals surface area contributed by atoms with Gasteiger partial charge in [0.05, 0.1) is 6.04 Å². The molecule has 3 N–H and O–H groups in total. The molecule has 1 aromatic rings. The van der Waals surface area contributed by atoms with Gasteiger partial charge in [0.1, 0.15) is 0 Å². The molecule has 1 aromatic carbocycles. The number of rotatable bonds is 6. The topological polar surface area (TPSA) is 70.2 Å². The maximum Gasteiger partial charge on any atom is 0.241 e. The smallest absolute Gasteiger partial charge is 0.241 e. The van der Waals surface area contributed by atoms with Crippen molar-refractivity contribution in [1.82, 2.24) is 10.6 Å². The molecule has 0 saturated carbocycles. The maximum absolute atomic E-state index is 11.9. The van der Waals surface area contributed by atoms with Crippen molar-refractivity contribution in [2.75, 3.05) is 18.4 Å². The summed E-state index contributed by atoms with van der Waals surface area (Å²) in [5.41, 5.74) is 1.94. The summed E-state index contributed by atoms with van der Waals surface area (Å²) >= 11 is 0. The Morgan fingerprint density at radius 1 is 1.16 bits per heavy atom. The molecule has 0 aliphatic rings. The summed E-state index contributed by atoms with van der Waals surface area (Å²) in [6.07, 6.45) is 0. The summed E-state index contributed by atoms with van der Waals surface area (Å²) in [7, 11) is 0. The summed E-state index contributed by atoms with van der Waals surface area (Å²) in [6.45, 7) is 6.32. The number of amides is 2. The van der Waals surface area contributed by atoms with Crippen molar-refractivity contribution in [3.05, 3.63) is 29.8 Å². The Balaban J connectivity index is 2.32. The highest BCUT2D eigenvalue weighted by molar-refractivity contribution is 5.94. The molecule has 1 atom stereocenters. The summed E-state index contributed by atoms with van der Waals surface area (Å²) < 4.78 is 0. The zero-order valence-corrected chi connectivity index (χ0v) is 11.6. The SMILES string of the molecule is CC(=O)NCCNC(C)C(=O)Nc1ccc(C)cc1. The van der Waals surface area contributed by atoms with Crippen LogP contribution < -0.4 is 16.0 Å². The van der Waals surface area contributed by atoms with Gasteiger partial charge < -0.3 is 16.0 Å². The van der Waals surface area contributed by atoms with Gasteiger partial charge in [-0.15, -0.1) is 0 Å². The summed E-state index contributed by atoms with van der Waals surface area (Å²) in [5, 5.41) is 8.53. The third-order valence-electron chi connectivity index (χ3n) is 2.66. The second-order valence-corrected chi connectivity index (χ2v) is 4.51. The average Bonchev–Trinajstić information content (AvgIpc) is 2.36. The average molecular weight is 263 g/mol. The van der Waals surface area contributed by atoms with Crippen LogP contribution in [-0.2, 0) is 9.59 Å². The molecule has 0 aliphatic heterocycles. The van der Waals surface area contributed by atoms with Crippen LogP contribution in [0.2, 0.25) is 0 Å². The molecule has 19 heavy (non-hydrogen) atoms. The van der Waals surface area contributed by atoms with Crippen molar-refractivity contribution < 1.29 is 9.59 Å². The fourth-order valence-corrected chi connectivity index (χ4v) is 1.51. The van der Waals surface area contributed by atoms with Gasteiger partial charge in [-0.1, -0.05) is 17.7 Å². The Labute approximate surface area is 113 Å². The van der Waals surface area contributed by atoms with Gasteiger partial charge in [-0.3, -0.25) is 9.59 Å². The first-order valence-corrected chi connectivity index (χ1v) is 6.34. The lowest BCUT2D eigenvalue weighted by molar-refractivity contribution is -0.118. The van der Waals surface area contributed by atoms with Crippen molar-refractivity contribution in [2.45, 2.75) is 26.8 Å². The van der Waals surface area contributed by atoms with Crippen molar-refractivity contribution in [3.8, 4) is 0 Å². The lowest BCUT2D eigenvalue weighted by Crippen LogP contribution is -2.41. The highest BCUT2D eigenvalue weighted by atomic mass is 16.2. The number of carbonyl (C=O) groups is 2. The molecule has 104 valence electrons. The van der Waals surface area contributed by atoms with Crippen molar-refractivity contribution in [2.24, 2.45) is 0 Å². The maximum atomic E-state index is 11.9. The zero-order valence-electron chi connectivity index (χ0n) is 11.6. The van der Waals surface area contributed by atoms with Crippen molar-refractivity contribution >= 4 is 17.5 Å². The van der Waals surface area contributed by atoms with Crippen LogP contribution in [0.25, 0.3) is 0 Å². The van der Waals surface area contributed by atoms with Gasteiger partial charge in [0.2, 0.25) is 11.8 Å². The monoisotopic (exact) mass is 263 g/mol. The van der Waals surface area contributed by atoms with E-state index in [2.05, 4.69) is 16.0 Å². The predicted octanol–water partition coefficient (Wildman–Crippen LogP) is 1.05. The lowest BCUT2D eigenvalue weighted by Gasteiger charge is -2.14. The van der Waals surface area contributed by atoms with E-state index < -0.39 is 0 Å². The molecule has 0 spiro atoms. The first kappa shape index (κ1) is 15.2. The number of carbonyl (C=O) groups excluding carboxylic acids is 2. The second kappa shape index (κ2) is 7.53. The molecule has 0 fully saturated rings. The minimum absolute atomic E-state index is 0.0708. The number of benzene rings is 1. The summed E-state index contributed by atoms with van der Waals surface area (Å²) in [6, 6.07) is 7.33. The van der Waals surface area contributed by atoms with Gasteiger partial charge in [0.25, 0.3) is 0 Å². The van der Waals surface area contributed by atoms with Crippen LogP contribution in [0, 0.1) is 6.92 Å². The molecule has 5 nitrogen and oxygen atoms in total. The number of anilines is 1. The fraction of sp³-hybridized carbons (Fsp3) is 0.429. The minimum atomic E-state index is -0.310. The quantitative estimate of drug-likeness (QED) is 0.672. The molecule has 0 heterocycles. The summed E-state index contributed by atoms with van der Waals surface area (Å²) in [5.74, 6) is -0.162. The van der Waals surface area contributed by atoms with Crippen LogP contribution in [-0.4, -0.2) is 30.9 Å². The number of hydrogen-bond donors (Lipinski definition) is 3. The number of hydrogen-bond acceptors (Lipinski definition) is 3. The van der Waals surface area contributed by atoms with Gasteiger partial charge in [0.15, 0.2) is 0 Å². The van der Waals surface area contributed by atoms with Gasteiger partial charge >= 0.3 is 0 Å². The molecule has 2 amide bonds. The van der Waals surface area contributed by atoms with Crippen molar-refractivity contribution in [3.63, 3.8) is 0 Å². The van der Waals surface area contributed by atoms with E-state index in [9.17, 15) is 9.59 Å². The Bertz CT molecular complexity index is 429. The number of nitrogens with one attached hydrogen (secondary N) is 3. The molecule has 0 saturated heterocycles. The normalized spacial score (nSPS) is 11.7. The van der Waals surface area contributed by atoms with Crippen LogP contribution in [0.1, 0.15) is 19.4 Å². The van der Waals surface area contributed by atoms with Crippen LogP contribution in [0.5, 0.6) is 0 Å². The van der Waals surface area contributed by atoms with Crippen LogP contribution in [0.15, 0.2) is 24.3 Å². The highest BCUT2D eigenvalue weighted by Crippen LogP contribution is 2.08. The largest absolute Gasteiger partial charge is 0.355 e. The zero-order chi connectivity index (χ0) is 14.3. The molecule has 1 rings (SSSR count).